The molecule has 0 N–H and O–H groups in total. The number of hydrogen-bond donors (Lipinski definition) is 0. The highest BCUT2D eigenvalue weighted by molar-refractivity contribution is 6.38. The highest BCUT2D eigenvalue weighted by Crippen LogP contribution is 2.37. The topological polar surface area (TPSA) is 12.9 Å². The molecule has 0 saturated heterocycles. The third kappa shape index (κ3) is 3.60. The smallest absolute Gasteiger partial charge is 0.0911 e. The van der Waals surface area contributed by atoms with Gasteiger partial charge in [-0.1, -0.05) is 58.0 Å². The molecular weight excluding hydrogens is 395 g/mol. The van der Waals surface area contributed by atoms with E-state index >= 15 is 0 Å². The van der Waals surface area contributed by atoms with Gasteiger partial charge < -0.3 is 0 Å². The van der Waals surface area contributed by atoms with Crippen molar-refractivity contribution < 1.29 is 0 Å². The molecule has 0 unspecified atom stereocenters. The number of nitrogens with zero attached hydrogens (tertiary/aromatic N) is 1. The van der Waals surface area contributed by atoms with Crippen LogP contribution in [0.2, 0.25) is 25.1 Å². The van der Waals surface area contributed by atoms with Crippen LogP contribution in [-0.4, -0.2) is 4.98 Å². The molecule has 0 aliphatic heterocycles. The van der Waals surface area contributed by atoms with Gasteiger partial charge in [-0.3, -0.25) is 0 Å². The van der Waals surface area contributed by atoms with Gasteiger partial charge in [0.15, 0.2) is 0 Å². The Balaban J connectivity index is 2.20. The summed E-state index contributed by atoms with van der Waals surface area (Å²) in [5.41, 5.74) is 2.56. The molecule has 3 aromatic rings. The molecule has 6 heteroatoms. The summed E-state index contributed by atoms with van der Waals surface area (Å²) in [7, 11) is 0. The molecule has 0 fully saturated rings. The third-order valence-electron chi connectivity index (χ3n) is 3.23. The molecule has 1 nitrogen and oxygen atoms in total. The van der Waals surface area contributed by atoms with Gasteiger partial charge in [0.2, 0.25) is 0 Å². The van der Waals surface area contributed by atoms with Crippen LogP contribution in [0.25, 0.3) is 22.5 Å². The maximum Gasteiger partial charge on any atom is 0.0911 e. The summed E-state index contributed by atoms with van der Waals surface area (Å²) in [6.07, 6.45) is 0. The Labute approximate surface area is 158 Å². The molecule has 23 heavy (non-hydrogen) atoms. The Kier molecular flexibility index (Phi) is 5.05. The number of benzene rings is 2. The van der Waals surface area contributed by atoms with E-state index in [1.807, 2.05) is 0 Å². The monoisotopic (exact) mass is 401 g/mol. The minimum atomic E-state index is 0.469. The highest BCUT2D eigenvalue weighted by atomic mass is 35.5. The summed E-state index contributed by atoms with van der Waals surface area (Å²) >= 11 is 30.9. The molecule has 3 rings (SSSR count). The molecule has 1 aromatic heterocycles. The molecule has 116 valence electrons. The second-order valence-electron chi connectivity index (χ2n) is 4.78. The van der Waals surface area contributed by atoms with Crippen LogP contribution in [0, 0.1) is 0 Å². The Hall–Kier alpha value is -0.960. The SMILES string of the molecule is Clc1ccc(Cl)c(-c2ccc(Cl)c(-c3cc(Cl)ccc3Cl)n2)c1. The molecule has 0 spiro atoms. The Morgan fingerprint density at radius 2 is 1.09 bits per heavy atom. The van der Waals surface area contributed by atoms with Gasteiger partial charge in [0, 0.05) is 21.2 Å². The van der Waals surface area contributed by atoms with Crippen LogP contribution in [0.3, 0.4) is 0 Å². The summed E-state index contributed by atoms with van der Waals surface area (Å²) < 4.78 is 0. The van der Waals surface area contributed by atoms with Crippen molar-refractivity contribution in [3.05, 3.63) is 73.6 Å². The normalized spacial score (nSPS) is 10.8. The van der Waals surface area contributed by atoms with Gasteiger partial charge in [0.25, 0.3) is 0 Å². The second-order valence-corrected chi connectivity index (χ2v) is 6.87. The van der Waals surface area contributed by atoms with E-state index < -0.39 is 0 Å². The lowest BCUT2D eigenvalue weighted by atomic mass is 10.1. The molecule has 0 atom stereocenters. The standard InChI is InChI=1S/C17H8Cl5N/c18-9-1-3-13(20)11(7-9)16-6-5-15(22)17(23-16)12-8-10(19)2-4-14(12)21/h1-8H. The van der Waals surface area contributed by atoms with Gasteiger partial charge in [0.05, 0.1) is 26.5 Å². The van der Waals surface area contributed by atoms with Crippen molar-refractivity contribution in [3.63, 3.8) is 0 Å². The third-order valence-corrected chi connectivity index (χ3v) is 4.67. The van der Waals surface area contributed by atoms with Crippen LogP contribution >= 0.6 is 58.0 Å². The Morgan fingerprint density at radius 3 is 1.74 bits per heavy atom. The molecule has 2 aromatic carbocycles. The van der Waals surface area contributed by atoms with Crippen molar-refractivity contribution in [2.24, 2.45) is 0 Å². The van der Waals surface area contributed by atoms with Crippen molar-refractivity contribution in [3.8, 4) is 22.5 Å². The number of halogens is 5. The maximum atomic E-state index is 6.29. The first kappa shape index (κ1) is 16.9. The summed E-state index contributed by atoms with van der Waals surface area (Å²) in [6, 6.07) is 13.9. The number of rotatable bonds is 2. The van der Waals surface area contributed by atoms with Crippen molar-refractivity contribution in [1.82, 2.24) is 4.98 Å². The fraction of sp³-hybridized carbons (Fsp3) is 0. The van der Waals surface area contributed by atoms with Crippen LogP contribution in [0.5, 0.6) is 0 Å². The van der Waals surface area contributed by atoms with Crippen molar-refractivity contribution in [2.45, 2.75) is 0 Å². The van der Waals surface area contributed by atoms with Crippen LogP contribution in [-0.2, 0) is 0 Å². The fourth-order valence-electron chi connectivity index (χ4n) is 2.15. The Morgan fingerprint density at radius 1 is 0.565 bits per heavy atom. The predicted molar refractivity (Wildman–Crippen MR) is 100 cm³/mol. The van der Waals surface area contributed by atoms with Gasteiger partial charge in [0.1, 0.15) is 0 Å². The van der Waals surface area contributed by atoms with Gasteiger partial charge in [-0.15, -0.1) is 0 Å². The first-order chi connectivity index (χ1) is 11.0. The molecule has 0 saturated carbocycles. The van der Waals surface area contributed by atoms with E-state index in [0.29, 0.717) is 42.1 Å². The van der Waals surface area contributed by atoms with Crippen molar-refractivity contribution in [2.75, 3.05) is 0 Å². The lowest BCUT2D eigenvalue weighted by Gasteiger charge is -2.10. The first-order valence-corrected chi connectivity index (χ1v) is 8.42. The van der Waals surface area contributed by atoms with Crippen LogP contribution in [0.1, 0.15) is 0 Å². The number of hydrogen-bond acceptors (Lipinski definition) is 1. The van der Waals surface area contributed by atoms with Gasteiger partial charge in [-0.2, -0.15) is 0 Å². The van der Waals surface area contributed by atoms with Crippen molar-refractivity contribution in [1.29, 1.82) is 0 Å². The van der Waals surface area contributed by atoms with E-state index in [0.717, 1.165) is 5.56 Å². The minimum Gasteiger partial charge on any atom is -0.246 e. The molecule has 1 heterocycles. The van der Waals surface area contributed by atoms with E-state index in [1.54, 1.807) is 48.5 Å². The van der Waals surface area contributed by atoms with Gasteiger partial charge >= 0.3 is 0 Å². The fourth-order valence-corrected chi connectivity index (χ4v) is 3.13. The van der Waals surface area contributed by atoms with E-state index in [4.69, 9.17) is 58.0 Å². The predicted octanol–water partition coefficient (Wildman–Crippen LogP) is 7.68. The lowest BCUT2D eigenvalue weighted by molar-refractivity contribution is 1.32. The van der Waals surface area contributed by atoms with E-state index in [9.17, 15) is 0 Å². The van der Waals surface area contributed by atoms with E-state index in [2.05, 4.69) is 4.98 Å². The Bertz CT molecular complexity index is 892. The van der Waals surface area contributed by atoms with Crippen LogP contribution < -0.4 is 0 Å². The zero-order valence-electron chi connectivity index (χ0n) is 11.5. The summed E-state index contributed by atoms with van der Waals surface area (Å²) in [5.74, 6) is 0. The van der Waals surface area contributed by atoms with Crippen molar-refractivity contribution >= 4 is 58.0 Å². The molecule has 0 radical (unpaired) electrons. The molecule has 0 bridgehead atoms. The molecule has 0 aliphatic carbocycles. The molecule has 0 amide bonds. The van der Waals surface area contributed by atoms with Crippen LogP contribution in [0.4, 0.5) is 0 Å². The second kappa shape index (κ2) is 6.88. The summed E-state index contributed by atoms with van der Waals surface area (Å²) in [4.78, 5) is 4.60. The zero-order chi connectivity index (χ0) is 16.6. The minimum absolute atomic E-state index is 0.469. The molecule has 0 aliphatic rings. The van der Waals surface area contributed by atoms with Crippen LogP contribution in [0.15, 0.2) is 48.5 Å². The van der Waals surface area contributed by atoms with Gasteiger partial charge in [-0.05, 0) is 48.5 Å². The number of pyridine rings is 1. The number of aromatic nitrogens is 1. The lowest BCUT2D eigenvalue weighted by Crippen LogP contribution is -1.91. The zero-order valence-corrected chi connectivity index (χ0v) is 15.2. The largest absolute Gasteiger partial charge is 0.246 e. The summed E-state index contributed by atoms with van der Waals surface area (Å²) in [6.45, 7) is 0. The average Bonchev–Trinajstić information content (AvgIpc) is 2.53. The highest BCUT2D eigenvalue weighted by Gasteiger charge is 2.14. The first-order valence-electron chi connectivity index (χ1n) is 6.53. The summed E-state index contributed by atoms with van der Waals surface area (Å²) in [5, 5.41) is 2.65. The van der Waals surface area contributed by atoms with E-state index in [1.165, 1.54) is 0 Å². The van der Waals surface area contributed by atoms with E-state index in [-0.39, 0.29) is 0 Å². The molecular formula is C17H8Cl5N. The maximum absolute atomic E-state index is 6.29. The van der Waals surface area contributed by atoms with Gasteiger partial charge in [-0.25, -0.2) is 4.98 Å². The quantitative estimate of drug-likeness (QED) is 0.427. The average molecular weight is 404 g/mol.